The average Bonchev–Trinajstić information content (AvgIpc) is 3.56. The molecule has 1 heterocycles. The minimum Gasteiger partial charge on any atom is -0.495 e. The standard InChI is InChI=1S/C18H24N4O6S/c1-19-29(26,27)15-11-12(3-6-14(15)28-2)17(24)21-7-9-22(10-8-21)18(25)16(23)20-13-4-5-13/h3,6,11,13,19H,4-5,7-10H2,1-2H3,(H,20,23). The number of nitrogens with one attached hydrogen (secondary N) is 2. The lowest BCUT2D eigenvalue weighted by Crippen LogP contribution is -2.54. The Hall–Kier alpha value is -2.66. The van der Waals surface area contributed by atoms with Crippen molar-refractivity contribution in [3.05, 3.63) is 23.8 Å². The first-order valence-corrected chi connectivity index (χ1v) is 10.8. The fourth-order valence-electron chi connectivity index (χ4n) is 3.04. The van der Waals surface area contributed by atoms with Gasteiger partial charge in [-0.15, -0.1) is 0 Å². The van der Waals surface area contributed by atoms with E-state index in [9.17, 15) is 22.8 Å². The first-order valence-electron chi connectivity index (χ1n) is 9.27. The molecule has 3 rings (SSSR count). The van der Waals surface area contributed by atoms with Crippen LogP contribution in [0.15, 0.2) is 23.1 Å². The molecule has 1 aliphatic heterocycles. The molecular formula is C18H24N4O6S. The van der Waals surface area contributed by atoms with Crippen LogP contribution in [-0.2, 0) is 19.6 Å². The maximum absolute atomic E-state index is 12.8. The molecule has 11 heteroatoms. The van der Waals surface area contributed by atoms with Crippen molar-refractivity contribution in [2.75, 3.05) is 40.3 Å². The van der Waals surface area contributed by atoms with Gasteiger partial charge in [-0.1, -0.05) is 0 Å². The van der Waals surface area contributed by atoms with E-state index in [2.05, 4.69) is 10.0 Å². The summed E-state index contributed by atoms with van der Waals surface area (Å²) in [5.74, 6) is -1.41. The molecule has 29 heavy (non-hydrogen) atoms. The van der Waals surface area contributed by atoms with Gasteiger partial charge in [0.15, 0.2) is 0 Å². The number of carbonyl (C=O) groups excluding carboxylic acids is 3. The summed E-state index contributed by atoms with van der Waals surface area (Å²) >= 11 is 0. The van der Waals surface area contributed by atoms with Gasteiger partial charge in [0, 0.05) is 37.8 Å². The Bertz CT molecular complexity index is 920. The van der Waals surface area contributed by atoms with E-state index < -0.39 is 21.8 Å². The van der Waals surface area contributed by atoms with Crippen LogP contribution in [0.25, 0.3) is 0 Å². The molecule has 2 N–H and O–H groups in total. The predicted molar refractivity (Wildman–Crippen MR) is 103 cm³/mol. The number of methoxy groups -OCH3 is 1. The third-order valence-electron chi connectivity index (χ3n) is 4.93. The lowest BCUT2D eigenvalue weighted by Gasteiger charge is -2.34. The second-order valence-electron chi connectivity index (χ2n) is 6.91. The van der Waals surface area contributed by atoms with Crippen molar-refractivity contribution >= 4 is 27.7 Å². The molecule has 2 fully saturated rings. The Labute approximate surface area is 169 Å². The number of sulfonamides is 1. The number of hydrogen-bond acceptors (Lipinski definition) is 6. The van der Waals surface area contributed by atoms with Crippen LogP contribution in [0.1, 0.15) is 23.2 Å². The highest BCUT2D eigenvalue weighted by Crippen LogP contribution is 2.25. The van der Waals surface area contributed by atoms with Gasteiger partial charge in [0.1, 0.15) is 10.6 Å². The van der Waals surface area contributed by atoms with Gasteiger partial charge < -0.3 is 19.9 Å². The highest BCUT2D eigenvalue weighted by atomic mass is 32.2. The highest BCUT2D eigenvalue weighted by Gasteiger charge is 2.32. The molecule has 0 spiro atoms. The lowest BCUT2D eigenvalue weighted by atomic mass is 10.1. The van der Waals surface area contributed by atoms with Crippen molar-refractivity contribution in [3.63, 3.8) is 0 Å². The van der Waals surface area contributed by atoms with Gasteiger partial charge in [0.25, 0.3) is 5.91 Å². The Morgan fingerprint density at radius 1 is 1.07 bits per heavy atom. The van der Waals surface area contributed by atoms with Gasteiger partial charge >= 0.3 is 11.8 Å². The normalized spacial score (nSPS) is 17.0. The fraction of sp³-hybridized carbons (Fsp3) is 0.500. The Morgan fingerprint density at radius 2 is 1.69 bits per heavy atom. The average molecular weight is 424 g/mol. The molecule has 158 valence electrons. The largest absolute Gasteiger partial charge is 0.495 e. The van der Waals surface area contributed by atoms with Crippen LogP contribution in [0.3, 0.4) is 0 Å². The topological polar surface area (TPSA) is 125 Å². The number of nitrogens with zero attached hydrogens (tertiary/aromatic N) is 2. The third-order valence-corrected chi connectivity index (χ3v) is 6.37. The number of benzene rings is 1. The van der Waals surface area contributed by atoms with Gasteiger partial charge in [0.05, 0.1) is 7.11 Å². The van der Waals surface area contributed by atoms with Crippen LogP contribution in [0, 0.1) is 0 Å². The minimum absolute atomic E-state index is 0.104. The van der Waals surface area contributed by atoms with Crippen LogP contribution in [0.2, 0.25) is 0 Å². The number of carbonyl (C=O) groups is 3. The lowest BCUT2D eigenvalue weighted by molar-refractivity contribution is -0.146. The molecule has 1 saturated carbocycles. The molecule has 1 aromatic rings. The molecule has 10 nitrogen and oxygen atoms in total. The maximum Gasteiger partial charge on any atom is 0.312 e. The Morgan fingerprint density at radius 3 is 2.24 bits per heavy atom. The van der Waals surface area contributed by atoms with E-state index in [0.717, 1.165) is 12.8 Å². The van der Waals surface area contributed by atoms with Gasteiger partial charge in [0.2, 0.25) is 10.0 Å². The molecule has 1 aliphatic carbocycles. The Balaban J connectivity index is 1.67. The summed E-state index contributed by atoms with van der Waals surface area (Å²) in [5.41, 5.74) is 0.200. The van der Waals surface area contributed by atoms with Crippen molar-refractivity contribution in [1.82, 2.24) is 19.8 Å². The molecule has 0 radical (unpaired) electrons. The van der Waals surface area contributed by atoms with Crippen LogP contribution in [0.4, 0.5) is 0 Å². The maximum atomic E-state index is 12.8. The molecule has 3 amide bonds. The molecule has 0 unspecified atom stereocenters. The second-order valence-corrected chi connectivity index (χ2v) is 8.76. The van der Waals surface area contributed by atoms with E-state index in [4.69, 9.17) is 4.74 Å². The van der Waals surface area contributed by atoms with Crippen molar-refractivity contribution in [3.8, 4) is 5.75 Å². The first-order chi connectivity index (χ1) is 13.8. The summed E-state index contributed by atoms with van der Waals surface area (Å²) in [6.45, 7) is 0.976. The van der Waals surface area contributed by atoms with Crippen LogP contribution in [-0.4, -0.2) is 82.3 Å². The summed E-state index contributed by atoms with van der Waals surface area (Å²) in [7, 11) is -1.18. The highest BCUT2D eigenvalue weighted by molar-refractivity contribution is 7.89. The molecule has 0 aromatic heterocycles. The van der Waals surface area contributed by atoms with E-state index >= 15 is 0 Å². The van der Waals surface area contributed by atoms with E-state index in [-0.39, 0.29) is 54.3 Å². The summed E-state index contributed by atoms with van der Waals surface area (Å²) in [6.07, 6.45) is 1.79. The summed E-state index contributed by atoms with van der Waals surface area (Å²) in [5, 5.41) is 2.66. The first kappa shape index (κ1) is 21.1. The second kappa shape index (κ2) is 8.37. The number of hydrogen-bond donors (Lipinski definition) is 2. The minimum atomic E-state index is -3.81. The summed E-state index contributed by atoms with van der Waals surface area (Å²) < 4.78 is 31.7. The van der Waals surface area contributed by atoms with E-state index in [0.29, 0.717) is 0 Å². The zero-order chi connectivity index (χ0) is 21.2. The monoisotopic (exact) mass is 424 g/mol. The van der Waals surface area contributed by atoms with Gasteiger partial charge in [-0.3, -0.25) is 14.4 Å². The molecule has 0 atom stereocenters. The van der Waals surface area contributed by atoms with Crippen LogP contribution < -0.4 is 14.8 Å². The van der Waals surface area contributed by atoms with E-state index in [1.165, 1.54) is 42.2 Å². The number of rotatable bonds is 5. The molecule has 2 aliphatic rings. The SMILES string of the molecule is CNS(=O)(=O)c1cc(C(=O)N2CCN(C(=O)C(=O)NC3CC3)CC2)ccc1OC. The van der Waals surface area contributed by atoms with Gasteiger partial charge in [-0.25, -0.2) is 13.1 Å². The van der Waals surface area contributed by atoms with Crippen LogP contribution in [0.5, 0.6) is 5.75 Å². The Kier molecular flexibility index (Phi) is 6.08. The van der Waals surface area contributed by atoms with E-state index in [1.807, 2.05) is 0 Å². The van der Waals surface area contributed by atoms with Crippen molar-refractivity contribution < 1.29 is 27.5 Å². The van der Waals surface area contributed by atoms with Gasteiger partial charge in [-0.2, -0.15) is 0 Å². The zero-order valence-electron chi connectivity index (χ0n) is 16.3. The van der Waals surface area contributed by atoms with Crippen molar-refractivity contribution in [2.45, 2.75) is 23.8 Å². The molecule has 1 aromatic carbocycles. The fourth-order valence-corrected chi connectivity index (χ4v) is 3.96. The van der Waals surface area contributed by atoms with Crippen molar-refractivity contribution in [1.29, 1.82) is 0 Å². The van der Waals surface area contributed by atoms with E-state index in [1.54, 1.807) is 0 Å². The smallest absolute Gasteiger partial charge is 0.312 e. The van der Waals surface area contributed by atoms with Crippen LogP contribution >= 0.6 is 0 Å². The third kappa shape index (κ3) is 4.67. The number of amides is 3. The number of piperazine rings is 1. The number of ether oxygens (including phenoxy) is 1. The zero-order valence-corrected chi connectivity index (χ0v) is 17.1. The molecular weight excluding hydrogens is 400 g/mol. The molecule has 0 bridgehead atoms. The quantitative estimate of drug-likeness (QED) is 0.594. The van der Waals surface area contributed by atoms with Gasteiger partial charge in [-0.05, 0) is 38.1 Å². The predicted octanol–water partition coefficient (Wildman–Crippen LogP) is -0.834. The van der Waals surface area contributed by atoms with Crippen molar-refractivity contribution in [2.24, 2.45) is 0 Å². The summed E-state index contributed by atoms with van der Waals surface area (Å²) in [6, 6.07) is 4.30. The summed E-state index contributed by atoms with van der Waals surface area (Å²) in [4.78, 5) is 39.7. The molecule has 1 saturated heterocycles.